The molecule has 1 N–H and O–H groups in total. The molecule has 2 nitrogen and oxygen atoms in total. The summed E-state index contributed by atoms with van der Waals surface area (Å²) >= 11 is 0. The summed E-state index contributed by atoms with van der Waals surface area (Å²) in [6.45, 7) is 4.44. The van der Waals surface area contributed by atoms with Crippen LogP contribution in [0.15, 0.2) is 18.2 Å². The van der Waals surface area contributed by atoms with E-state index in [0.29, 0.717) is 11.7 Å². The van der Waals surface area contributed by atoms with Crippen molar-refractivity contribution in [3.8, 4) is 0 Å². The van der Waals surface area contributed by atoms with Crippen molar-refractivity contribution in [1.82, 2.24) is 5.32 Å². The Labute approximate surface area is 101 Å². The quantitative estimate of drug-likeness (QED) is 0.854. The fourth-order valence-corrected chi connectivity index (χ4v) is 2.26. The number of hydrogen-bond acceptors (Lipinski definition) is 2. The lowest BCUT2D eigenvalue weighted by Gasteiger charge is -2.23. The molecule has 94 valence electrons. The highest BCUT2D eigenvalue weighted by Gasteiger charge is 2.18. The van der Waals surface area contributed by atoms with Crippen LogP contribution in [0, 0.1) is 11.6 Å². The maximum atomic E-state index is 13.7. The van der Waals surface area contributed by atoms with Gasteiger partial charge in [-0.05, 0) is 25.0 Å². The van der Waals surface area contributed by atoms with Gasteiger partial charge in [0.15, 0.2) is 11.6 Å². The molecule has 1 atom stereocenters. The van der Waals surface area contributed by atoms with Crippen LogP contribution in [0.25, 0.3) is 0 Å². The van der Waals surface area contributed by atoms with Crippen LogP contribution in [0.2, 0.25) is 0 Å². The first-order valence-corrected chi connectivity index (χ1v) is 6.14. The second-order valence-corrected chi connectivity index (χ2v) is 4.41. The second-order valence-electron chi connectivity index (χ2n) is 4.41. The highest BCUT2D eigenvalue weighted by molar-refractivity contribution is 5.48. The van der Waals surface area contributed by atoms with Crippen LogP contribution < -0.4 is 10.2 Å². The Morgan fingerprint density at radius 2 is 2.18 bits per heavy atom. The third-order valence-electron chi connectivity index (χ3n) is 3.33. The van der Waals surface area contributed by atoms with Gasteiger partial charge in [-0.3, -0.25) is 0 Å². The fraction of sp³-hybridized carbons (Fsp3) is 0.538. The molecule has 1 aromatic carbocycles. The summed E-state index contributed by atoms with van der Waals surface area (Å²) in [6.07, 6.45) is 2.03. The molecule has 0 saturated carbocycles. The van der Waals surface area contributed by atoms with Crippen LogP contribution in [0.5, 0.6) is 0 Å². The van der Waals surface area contributed by atoms with E-state index in [0.717, 1.165) is 38.5 Å². The number of rotatable bonds is 2. The van der Waals surface area contributed by atoms with Gasteiger partial charge in [-0.25, -0.2) is 8.78 Å². The highest BCUT2D eigenvalue weighted by Crippen LogP contribution is 2.22. The van der Waals surface area contributed by atoms with Crippen LogP contribution in [0.1, 0.15) is 19.8 Å². The average molecular weight is 240 g/mol. The minimum atomic E-state index is -0.772. The van der Waals surface area contributed by atoms with Crippen molar-refractivity contribution in [1.29, 1.82) is 0 Å². The predicted octanol–water partition coefficient (Wildman–Crippen LogP) is 2.54. The Hall–Kier alpha value is -1.16. The molecule has 1 aromatic rings. The van der Waals surface area contributed by atoms with Crippen LogP contribution in [-0.2, 0) is 0 Å². The SMILES string of the molecule is CCC1CCN(c2cccc(F)c2F)CCN1. The van der Waals surface area contributed by atoms with E-state index in [1.54, 1.807) is 12.1 Å². The van der Waals surface area contributed by atoms with Crippen molar-refractivity contribution >= 4 is 5.69 Å². The van der Waals surface area contributed by atoms with Crippen molar-refractivity contribution in [3.63, 3.8) is 0 Å². The maximum Gasteiger partial charge on any atom is 0.182 e. The van der Waals surface area contributed by atoms with Gasteiger partial charge in [0.05, 0.1) is 5.69 Å². The van der Waals surface area contributed by atoms with Crippen LogP contribution >= 0.6 is 0 Å². The molecule has 0 radical (unpaired) electrons. The van der Waals surface area contributed by atoms with Gasteiger partial charge in [-0.2, -0.15) is 0 Å². The number of nitrogens with one attached hydrogen (secondary N) is 1. The lowest BCUT2D eigenvalue weighted by Crippen LogP contribution is -2.30. The summed E-state index contributed by atoms with van der Waals surface area (Å²) in [5.41, 5.74) is 0.378. The van der Waals surface area contributed by atoms with Crippen LogP contribution in [0.3, 0.4) is 0 Å². The van der Waals surface area contributed by atoms with Gasteiger partial charge < -0.3 is 10.2 Å². The van der Waals surface area contributed by atoms with E-state index in [1.807, 2.05) is 4.90 Å². The monoisotopic (exact) mass is 240 g/mol. The van der Waals surface area contributed by atoms with Gasteiger partial charge in [0.25, 0.3) is 0 Å². The van der Waals surface area contributed by atoms with Gasteiger partial charge in [0.1, 0.15) is 0 Å². The highest BCUT2D eigenvalue weighted by atomic mass is 19.2. The normalized spacial score (nSPS) is 21.4. The Bertz CT molecular complexity index is 382. The molecule has 0 aromatic heterocycles. The van der Waals surface area contributed by atoms with Crippen molar-refractivity contribution in [3.05, 3.63) is 29.8 Å². The number of anilines is 1. The van der Waals surface area contributed by atoms with E-state index >= 15 is 0 Å². The van der Waals surface area contributed by atoms with Gasteiger partial charge in [0, 0.05) is 25.7 Å². The van der Waals surface area contributed by atoms with Crippen LogP contribution in [-0.4, -0.2) is 25.7 Å². The third kappa shape index (κ3) is 2.75. The van der Waals surface area contributed by atoms with Crippen molar-refractivity contribution in [2.24, 2.45) is 0 Å². The first kappa shape index (κ1) is 12.3. The van der Waals surface area contributed by atoms with Gasteiger partial charge in [-0.1, -0.05) is 13.0 Å². The van der Waals surface area contributed by atoms with E-state index in [2.05, 4.69) is 12.2 Å². The molecule has 1 heterocycles. The first-order chi connectivity index (χ1) is 8.22. The lowest BCUT2D eigenvalue weighted by atomic mass is 10.1. The van der Waals surface area contributed by atoms with Gasteiger partial charge >= 0.3 is 0 Å². The first-order valence-electron chi connectivity index (χ1n) is 6.14. The molecule has 0 amide bonds. The molecule has 1 fully saturated rings. The van der Waals surface area contributed by atoms with Crippen molar-refractivity contribution in [2.75, 3.05) is 24.5 Å². The number of nitrogens with zero attached hydrogens (tertiary/aromatic N) is 1. The standard InChI is InChI=1S/C13H18F2N2/c1-2-10-6-8-17(9-7-16-10)12-5-3-4-11(14)13(12)15/h3-5,10,16H,2,6-9H2,1H3. The molecule has 1 unspecified atom stereocenters. The maximum absolute atomic E-state index is 13.7. The largest absolute Gasteiger partial charge is 0.368 e. The third-order valence-corrected chi connectivity index (χ3v) is 3.33. The Morgan fingerprint density at radius 3 is 2.94 bits per heavy atom. The minimum Gasteiger partial charge on any atom is -0.368 e. The topological polar surface area (TPSA) is 15.3 Å². The summed E-state index contributed by atoms with van der Waals surface area (Å²) < 4.78 is 26.8. The lowest BCUT2D eigenvalue weighted by molar-refractivity contribution is 0.503. The zero-order valence-electron chi connectivity index (χ0n) is 10.0. The minimum absolute atomic E-state index is 0.378. The molecule has 0 spiro atoms. The average Bonchev–Trinajstić information content (AvgIpc) is 2.58. The summed E-state index contributed by atoms with van der Waals surface area (Å²) in [6, 6.07) is 4.84. The van der Waals surface area contributed by atoms with Crippen molar-refractivity contribution < 1.29 is 8.78 Å². The van der Waals surface area contributed by atoms with Gasteiger partial charge in [-0.15, -0.1) is 0 Å². The molecular formula is C13H18F2N2. The van der Waals surface area contributed by atoms with Gasteiger partial charge in [0.2, 0.25) is 0 Å². The Kier molecular flexibility index (Phi) is 3.94. The Morgan fingerprint density at radius 1 is 1.35 bits per heavy atom. The molecule has 0 bridgehead atoms. The summed E-state index contributed by atoms with van der Waals surface area (Å²) in [4.78, 5) is 1.92. The molecule has 1 saturated heterocycles. The summed E-state index contributed by atoms with van der Waals surface area (Å²) in [7, 11) is 0. The van der Waals surface area contributed by atoms with E-state index in [1.165, 1.54) is 0 Å². The zero-order chi connectivity index (χ0) is 12.3. The summed E-state index contributed by atoms with van der Waals surface area (Å²) in [5, 5.41) is 3.41. The van der Waals surface area contributed by atoms with E-state index < -0.39 is 11.6 Å². The molecule has 2 rings (SSSR count). The summed E-state index contributed by atoms with van der Waals surface area (Å²) in [5.74, 6) is -1.51. The smallest absolute Gasteiger partial charge is 0.182 e. The van der Waals surface area contributed by atoms with E-state index in [4.69, 9.17) is 0 Å². The molecule has 4 heteroatoms. The van der Waals surface area contributed by atoms with Crippen LogP contribution in [0.4, 0.5) is 14.5 Å². The van der Waals surface area contributed by atoms with E-state index in [-0.39, 0.29) is 0 Å². The fourth-order valence-electron chi connectivity index (χ4n) is 2.26. The number of benzene rings is 1. The predicted molar refractivity (Wildman–Crippen MR) is 65.3 cm³/mol. The number of hydrogen-bond donors (Lipinski definition) is 1. The zero-order valence-corrected chi connectivity index (χ0v) is 10.0. The molecular weight excluding hydrogens is 222 g/mol. The molecule has 1 aliphatic rings. The Balaban J connectivity index is 2.14. The molecule has 17 heavy (non-hydrogen) atoms. The van der Waals surface area contributed by atoms with Crippen molar-refractivity contribution in [2.45, 2.75) is 25.8 Å². The molecule has 1 aliphatic heterocycles. The second kappa shape index (κ2) is 5.45. The molecule has 0 aliphatic carbocycles. The number of halogens is 2. The van der Waals surface area contributed by atoms with E-state index in [9.17, 15) is 8.78 Å².